The Morgan fingerprint density at radius 3 is 2.00 bits per heavy atom. The average Bonchev–Trinajstić information content (AvgIpc) is 3.22. The zero-order valence-electron chi connectivity index (χ0n) is 11.3. The van der Waals surface area contributed by atoms with Crippen LogP contribution in [0.25, 0.3) is 0 Å². The van der Waals surface area contributed by atoms with E-state index >= 15 is 0 Å². The molecule has 17 heavy (non-hydrogen) atoms. The molecule has 2 nitrogen and oxygen atoms in total. The molecule has 3 aliphatic rings. The summed E-state index contributed by atoms with van der Waals surface area (Å²) in [5.41, 5.74) is 6.56. The van der Waals surface area contributed by atoms with Gasteiger partial charge in [-0.1, -0.05) is 6.92 Å². The Hall–Kier alpha value is -0.0800. The first-order valence-corrected chi connectivity index (χ1v) is 7.67. The van der Waals surface area contributed by atoms with Crippen LogP contribution in [-0.4, -0.2) is 30.1 Å². The highest BCUT2D eigenvalue weighted by molar-refractivity contribution is 5.00. The van der Waals surface area contributed by atoms with E-state index in [0.717, 1.165) is 24.3 Å². The number of rotatable bonds is 6. The minimum atomic E-state index is 0.380. The van der Waals surface area contributed by atoms with Crippen LogP contribution in [0.15, 0.2) is 0 Å². The summed E-state index contributed by atoms with van der Waals surface area (Å²) in [5, 5.41) is 0. The van der Waals surface area contributed by atoms with E-state index in [0.29, 0.717) is 5.54 Å². The molecule has 2 unspecified atom stereocenters. The molecule has 2 atom stereocenters. The van der Waals surface area contributed by atoms with Gasteiger partial charge in [-0.2, -0.15) is 0 Å². The highest BCUT2D eigenvalue weighted by Crippen LogP contribution is 2.43. The molecular formula is C15H28N2. The van der Waals surface area contributed by atoms with E-state index in [-0.39, 0.29) is 0 Å². The van der Waals surface area contributed by atoms with Crippen molar-refractivity contribution < 1.29 is 0 Å². The fraction of sp³-hybridized carbons (Fsp3) is 1.00. The van der Waals surface area contributed by atoms with E-state index in [9.17, 15) is 0 Å². The maximum Gasteiger partial charge on any atom is 0.0334 e. The lowest BCUT2D eigenvalue weighted by molar-refractivity contribution is 0.0844. The van der Waals surface area contributed by atoms with Gasteiger partial charge < -0.3 is 5.73 Å². The van der Waals surface area contributed by atoms with Crippen LogP contribution in [0.2, 0.25) is 0 Å². The van der Waals surface area contributed by atoms with Crippen molar-refractivity contribution in [3.63, 3.8) is 0 Å². The summed E-state index contributed by atoms with van der Waals surface area (Å²) in [6.07, 6.45) is 9.97. The van der Waals surface area contributed by atoms with Gasteiger partial charge in [-0.15, -0.1) is 0 Å². The van der Waals surface area contributed by atoms with Crippen molar-refractivity contribution in [3.8, 4) is 0 Å². The van der Waals surface area contributed by atoms with Crippen molar-refractivity contribution in [1.29, 1.82) is 0 Å². The van der Waals surface area contributed by atoms with E-state index in [2.05, 4.69) is 11.8 Å². The van der Waals surface area contributed by atoms with Gasteiger partial charge in [0, 0.05) is 25.2 Å². The molecule has 0 aromatic rings. The number of nitrogens with zero attached hydrogens (tertiary/aromatic N) is 1. The fourth-order valence-electron chi connectivity index (χ4n) is 3.66. The third-order valence-electron chi connectivity index (χ3n) is 5.23. The van der Waals surface area contributed by atoms with E-state index in [1.807, 2.05) is 0 Å². The first-order chi connectivity index (χ1) is 8.22. The Balaban J connectivity index is 1.69. The predicted molar refractivity (Wildman–Crippen MR) is 71.8 cm³/mol. The quantitative estimate of drug-likeness (QED) is 0.768. The van der Waals surface area contributed by atoms with Gasteiger partial charge in [-0.3, -0.25) is 4.90 Å². The lowest BCUT2D eigenvalue weighted by Crippen LogP contribution is -2.53. The second kappa shape index (κ2) is 4.55. The maximum absolute atomic E-state index is 6.18. The Morgan fingerprint density at radius 2 is 1.65 bits per heavy atom. The summed E-state index contributed by atoms with van der Waals surface area (Å²) in [6, 6.07) is 0. The summed E-state index contributed by atoms with van der Waals surface area (Å²) in [7, 11) is 0. The van der Waals surface area contributed by atoms with Gasteiger partial charge in [0.25, 0.3) is 0 Å². The molecule has 2 heteroatoms. The van der Waals surface area contributed by atoms with Crippen LogP contribution in [0.1, 0.15) is 51.9 Å². The summed E-state index contributed by atoms with van der Waals surface area (Å²) in [4.78, 5) is 2.83. The molecule has 3 saturated carbocycles. The summed E-state index contributed by atoms with van der Waals surface area (Å²) >= 11 is 0. The van der Waals surface area contributed by atoms with Crippen molar-refractivity contribution in [3.05, 3.63) is 0 Å². The monoisotopic (exact) mass is 236 g/mol. The third-order valence-corrected chi connectivity index (χ3v) is 5.23. The third kappa shape index (κ3) is 2.68. The summed E-state index contributed by atoms with van der Waals surface area (Å²) < 4.78 is 0. The molecule has 98 valence electrons. The van der Waals surface area contributed by atoms with Gasteiger partial charge in [0.15, 0.2) is 0 Å². The van der Waals surface area contributed by atoms with Crippen LogP contribution in [0, 0.1) is 17.8 Å². The van der Waals surface area contributed by atoms with Gasteiger partial charge in [0.1, 0.15) is 0 Å². The summed E-state index contributed by atoms with van der Waals surface area (Å²) in [6.45, 7) is 5.99. The Labute approximate surface area is 106 Å². The standard InChI is InChI=1S/C15H28N2/c1-12-6-7-15(8-12,11-16)17(9-13-2-3-13)10-14-4-5-14/h12-14H,2-11,16H2,1H3. The van der Waals surface area contributed by atoms with Crippen molar-refractivity contribution in [1.82, 2.24) is 4.90 Å². The zero-order valence-corrected chi connectivity index (χ0v) is 11.3. The molecule has 0 heterocycles. The molecule has 2 N–H and O–H groups in total. The molecule has 0 bridgehead atoms. The Morgan fingerprint density at radius 1 is 1.06 bits per heavy atom. The minimum Gasteiger partial charge on any atom is -0.329 e. The lowest BCUT2D eigenvalue weighted by Gasteiger charge is -2.41. The topological polar surface area (TPSA) is 29.3 Å². The van der Waals surface area contributed by atoms with E-state index in [1.165, 1.54) is 58.0 Å². The molecular weight excluding hydrogens is 208 g/mol. The van der Waals surface area contributed by atoms with Crippen LogP contribution in [0.5, 0.6) is 0 Å². The van der Waals surface area contributed by atoms with Crippen LogP contribution >= 0.6 is 0 Å². The maximum atomic E-state index is 6.18. The van der Waals surface area contributed by atoms with Crippen LogP contribution in [0.4, 0.5) is 0 Å². The Bertz CT molecular complexity index is 256. The molecule has 0 saturated heterocycles. The van der Waals surface area contributed by atoms with Crippen molar-refractivity contribution in [2.45, 2.75) is 57.4 Å². The Kier molecular flexibility index (Phi) is 3.20. The average molecular weight is 236 g/mol. The SMILES string of the molecule is CC1CCC(CN)(N(CC2CC2)CC2CC2)C1. The minimum absolute atomic E-state index is 0.380. The molecule has 0 aliphatic heterocycles. The first kappa shape index (κ1) is 12.0. The second-order valence-electron chi connectivity index (χ2n) is 7.07. The lowest BCUT2D eigenvalue weighted by atomic mass is 9.93. The summed E-state index contributed by atoms with van der Waals surface area (Å²) in [5.74, 6) is 2.90. The second-order valence-corrected chi connectivity index (χ2v) is 7.07. The molecule has 3 fully saturated rings. The predicted octanol–water partition coefficient (Wildman–Crippen LogP) is 2.63. The van der Waals surface area contributed by atoms with Gasteiger partial charge in [0.05, 0.1) is 0 Å². The fourth-order valence-corrected chi connectivity index (χ4v) is 3.66. The highest BCUT2D eigenvalue weighted by Gasteiger charge is 2.44. The molecule has 0 aromatic heterocycles. The van der Waals surface area contributed by atoms with Crippen molar-refractivity contribution >= 4 is 0 Å². The molecule has 3 aliphatic carbocycles. The van der Waals surface area contributed by atoms with Crippen LogP contribution in [0.3, 0.4) is 0 Å². The highest BCUT2D eigenvalue weighted by atomic mass is 15.2. The van der Waals surface area contributed by atoms with Crippen LogP contribution < -0.4 is 5.73 Å². The van der Waals surface area contributed by atoms with Crippen LogP contribution in [-0.2, 0) is 0 Å². The normalized spacial score (nSPS) is 37.9. The smallest absolute Gasteiger partial charge is 0.0334 e. The molecule has 0 spiro atoms. The van der Waals surface area contributed by atoms with Gasteiger partial charge in [0.2, 0.25) is 0 Å². The van der Waals surface area contributed by atoms with Gasteiger partial charge in [-0.05, 0) is 62.7 Å². The van der Waals surface area contributed by atoms with E-state index in [4.69, 9.17) is 5.73 Å². The number of nitrogens with two attached hydrogens (primary N) is 1. The molecule has 3 rings (SSSR count). The van der Waals surface area contributed by atoms with Gasteiger partial charge >= 0.3 is 0 Å². The zero-order chi connectivity index (χ0) is 11.9. The number of hydrogen-bond donors (Lipinski definition) is 1. The largest absolute Gasteiger partial charge is 0.329 e. The van der Waals surface area contributed by atoms with Gasteiger partial charge in [-0.25, -0.2) is 0 Å². The first-order valence-electron chi connectivity index (χ1n) is 7.67. The molecule has 0 radical (unpaired) electrons. The van der Waals surface area contributed by atoms with E-state index < -0.39 is 0 Å². The van der Waals surface area contributed by atoms with Crippen molar-refractivity contribution in [2.24, 2.45) is 23.5 Å². The van der Waals surface area contributed by atoms with E-state index in [1.54, 1.807) is 0 Å². The molecule has 0 amide bonds. The van der Waals surface area contributed by atoms with Crippen molar-refractivity contribution in [2.75, 3.05) is 19.6 Å². The number of hydrogen-bond acceptors (Lipinski definition) is 2. The molecule has 0 aromatic carbocycles.